The quantitative estimate of drug-likeness (QED) is 0.836. The van der Waals surface area contributed by atoms with Gasteiger partial charge in [0, 0.05) is 32.3 Å². The molecule has 1 aliphatic heterocycles. The van der Waals surface area contributed by atoms with E-state index in [1.54, 1.807) is 7.11 Å². The van der Waals surface area contributed by atoms with E-state index in [1.165, 1.54) is 0 Å². The van der Waals surface area contributed by atoms with Gasteiger partial charge in [-0.25, -0.2) is 4.98 Å². The minimum absolute atomic E-state index is 0.0377. The predicted molar refractivity (Wildman–Crippen MR) is 95.8 cm³/mol. The van der Waals surface area contributed by atoms with Gasteiger partial charge in [-0.3, -0.25) is 4.79 Å². The normalized spacial score (nSPS) is 17.9. The number of methoxy groups -OCH3 is 1. The molecule has 3 rings (SSSR count). The summed E-state index contributed by atoms with van der Waals surface area (Å²) in [5, 5.41) is 3.91. The molecule has 2 aromatic heterocycles. The Morgan fingerprint density at radius 2 is 2.16 bits per heavy atom. The summed E-state index contributed by atoms with van der Waals surface area (Å²) < 4.78 is 10.8. The summed E-state index contributed by atoms with van der Waals surface area (Å²) in [6, 6.07) is 0. The number of hydrogen-bond donors (Lipinski definition) is 1. The maximum Gasteiger partial charge on any atom is 0.231 e. The van der Waals surface area contributed by atoms with Crippen LogP contribution in [0.5, 0.6) is 0 Å². The van der Waals surface area contributed by atoms with E-state index in [4.69, 9.17) is 9.15 Å². The van der Waals surface area contributed by atoms with Gasteiger partial charge in [0.2, 0.25) is 11.6 Å². The molecule has 1 aliphatic rings. The number of rotatable bonds is 5. The van der Waals surface area contributed by atoms with E-state index >= 15 is 0 Å². The summed E-state index contributed by atoms with van der Waals surface area (Å²) in [5.74, 6) is 2.48. The zero-order chi connectivity index (χ0) is 18.0. The molecule has 2 aromatic rings. The van der Waals surface area contributed by atoms with Crippen LogP contribution < -0.4 is 10.2 Å². The maximum atomic E-state index is 12.4. The van der Waals surface area contributed by atoms with Gasteiger partial charge < -0.3 is 19.4 Å². The highest BCUT2D eigenvalue weighted by atomic mass is 16.5. The first kappa shape index (κ1) is 17.7. The van der Waals surface area contributed by atoms with Gasteiger partial charge in [0.15, 0.2) is 0 Å². The third-order valence-electron chi connectivity index (χ3n) is 4.82. The van der Waals surface area contributed by atoms with E-state index in [-0.39, 0.29) is 11.8 Å². The SMILES string of the molecule is COCCNC(=O)[C@H]1CCCN(c2nc(C)nc3oc(C)c(C)c23)C1. The standard InChI is InChI=1S/C18H26N4O3/c1-11-12(2)25-18-15(11)16(20-13(3)21-18)22-8-5-6-14(10-22)17(23)19-7-9-24-4/h14H,5-10H2,1-4H3,(H,19,23)/t14-/m0/s1. The molecule has 7 heteroatoms. The van der Waals surface area contributed by atoms with Crippen molar-refractivity contribution in [2.24, 2.45) is 5.92 Å². The summed E-state index contributed by atoms with van der Waals surface area (Å²) in [7, 11) is 1.63. The van der Waals surface area contributed by atoms with Gasteiger partial charge in [0.1, 0.15) is 17.4 Å². The molecule has 0 bridgehead atoms. The number of nitrogens with one attached hydrogen (secondary N) is 1. The van der Waals surface area contributed by atoms with Crippen LogP contribution in [-0.4, -0.2) is 49.2 Å². The third-order valence-corrected chi connectivity index (χ3v) is 4.82. The molecule has 0 spiro atoms. The van der Waals surface area contributed by atoms with Crippen molar-refractivity contribution in [3.63, 3.8) is 0 Å². The Kier molecular flexibility index (Phi) is 5.22. The molecule has 1 atom stereocenters. The van der Waals surface area contributed by atoms with Crippen molar-refractivity contribution in [1.82, 2.24) is 15.3 Å². The fourth-order valence-corrected chi connectivity index (χ4v) is 3.37. The van der Waals surface area contributed by atoms with Crippen LogP contribution >= 0.6 is 0 Å². The lowest BCUT2D eigenvalue weighted by Gasteiger charge is -2.33. The number of amides is 1. The van der Waals surface area contributed by atoms with Crippen LogP contribution in [0.1, 0.15) is 30.0 Å². The highest BCUT2D eigenvalue weighted by Gasteiger charge is 2.28. The van der Waals surface area contributed by atoms with Gasteiger partial charge in [-0.2, -0.15) is 4.98 Å². The highest BCUT2D eigenvalue weighted by molar-refractivity contribution is 5.90. The van der Waals surface area contributed by atoms with Crippen LogP contribution in [0.2, 0.25) is 0 Å². The smallest absolute Gasteiger partial charge is 0.231 e. The Morgan fingerprint density at radius 3 is 2.92 bits per heavy atom. The Labute approximate surface area is 147 Å². The molecule has 1 saturated heterocycles. The van der Waals surface area contributed by atoms with E-state index in [2.05, 4.69) is 20.2 Å². The van der Waals surface area contributed by atoms with Crippen molar-refractivity contribution in [1.29, 1.82) is 0 Å². The Balaban J connectivity index is 1.84. The van der Waals surface area contributed by atoms with Crippen molar-refractivity contribution in [3.8, 4) is 0 Å². The maximum absolute atomic E-state index is 12.4. The van der Waals surface area contributed by atoms with Crippen molar-refractivity contribution < 1.29 is 13.9 Å². The van der Waals surface area contributed by atoms with E-state index in [0.717, 1.165) is 41.9 Å². The monoisotopic (exact) mass is 346 g/mol. The zero-order valence-electron chi connectivity index (χ0n) is 15.4. The highest BCUT2D eigenvalue weighted by Crippen LogP contribution is 2.33. The fourth-order valence-electron chi connectivity index (χ4n) is 3.37. The number of carbonyl (C=O) groups excluding carboxylic acids is 1. The number of hydrogen-bond acceptors (Lipinski definition) is 6. The lowest BCUT2D eigenvalue weighted by molar-refractivity contribution is -0.125. The molecular formula is C18H26N4O3. The first-order valence-electron chi connectivity index (χ1n) is 8.77. The molecule has 1 amide bonds. The largest absolute Gasteiger partial charge is 0.443 e. The lowest BCUT2D eigenvalue weighted by Crippen LogP contribution is -2.44. The van der Waals surface area contributed by atoms with E-state index in [1.807, 2.05) is 20.8 Å². The first-order valence-corrected chi connectivity index (χ1v) is 8.77. The van der Waals surface area contributed by atoms with Crippen LogP contribution in [0.3, 0.4) is 0 Å². The molecule has 0 aliphatic carbocycles. The fraction of sp³-hybridized carbons (Fsp3) is 0.611. The van der Waals surface area contributed by atoms with E-state index in [0.29, 0.717) is 31.2 Å². The second kappa shape index (κ2) is 7.39. The zero-order valence-corrected chi connectivity index (χ0v) is 15.4. The molecular weight excluding hydrogens is 320 g/mol. The molecule has 7 nitrogen and oxygen atoms in total. The minimum Gasteiger partial charge on any atom is -0.443 e. The Hall–Kier alpha value is -2.15. The number of carbonyl (C=O) groups is 1. The molecule has 1 N–H and O–H groups in total. The summed E-state index contributed by atoms with van der Waals surface area (Å²) in [6.45, 7) is 8.46. The van der Waals surface area contributed by atoms with Gasteiger partial charge >= 0.3 is 0 Å². The van der Waals surface area contributed by atoms with Gasteiger partial charge in [-0.15, -0.1) is 0 Å². The second-order valence-corrected chi connectivity index (χ2v) is 6.63. The number of ether oxygens (including phenoxy) is 1. The Bertz CT molecular complexity index is 771. The van der Waals surface area contributed by atoms with Gasteiger partial charge in [-0.05, 0) is 33.6 Å². The molecule has 3 heterocycles. The number of fused-ring (bicyclic) bond motifs is 1. The van der Waals surface area contributed by atoms with Crippen LogP contribution in [0.25, 0.3) is 11.1 Å². The van der Waals surface area contributed by atoms with Crippen LogP contribution in [0.4, 0.5) is 5.82 Å². The third kappa shape index (κ3) is 3.61. The lowest BCUT2D eigenvalue weighted by atomic mass is 9.96. The second-order valence-electron chi connectivity index (χ2n) is 6.63. The molecule has 0 aromatic carbocycles. The number of nitrogens with zero attached hydrogens (tertiary/aromatic N) is 3. The number of furan rings is 1. The minimum atomic E-state index is -0.0377. The summed E-state index contributed by atoms with van der Waals surface area (Å²) in [5.41, 5.74) is 1.70. The van der Waals surface area contributed by atoms with Crippen molar-refractivity contribution in [2.45, 2.75) is 33.6 Å². The predicted octanol–water partition coefficient (Wildman–Crippen LogP) is 2.13. The van der Waals surface area contributed by atoms with E-state index < -0.39 is 0 Å². The van der Waals surface area contributed by atoms with E-state index in [9.17, 15) is 4.79 Å². The molecule has 136 valence electrons. The summed E-state index contributed by atoms with van der Waals surface area (Å²) in [4.78, 5) is 23.7. The number of piperidine rings is 1. The average Bonchev–Trinajstić information content (AvgIpc) is 2.88. The average molecular weight is 346 g/mol. The topological polar surface area (TPSA) is 80.5 Å². The molecule has 0 saturated carbocycles. The van der Waals surface area contributed by atoms with Crippen LogP contribution in [0, 0.1) is 26.7 Å². The van der Waals surface area contributed by atoms with Crippen LogP contribution in [0.15, 0.2) is 4.42 Å². The molecule has 0 unspecified atom stereocenters. The van der Waals surface area contributed by atoms with Crippen molar-refractivity contribution in [3.05, 3.63) is 17.1 Å². The van der Waals surface area contributed by atoms with Gasteiger partial charge in [0.05, 0.1) is 17.9 Å². The molecule has 25 heavy (non-hydrogen) atoms. The van der Waals surface area contributed by atoms with Gasteiger partial charge in [-0.1, -0.05) is 0 Å². The number of anilines is 1. The first-order chi connectivity index (χ1) is 12.0. The molecule has 1 fully saturated rings. The molecule has 0 radical (unpaired) electrons. The number of aromatic nitrogens is 2. The number of aryl methyl sites for hydroxylation is 3. The Morgan fingerprint density at radius 1 is 1.36 bits per heavy atom. The van der Waals surface area contributed by atoms with Crippen molar-refractivity contribution >= 4 is 22.8 Å². The van der Waals surface area contributed by atoms with Crippen LogP contribution in [-0.2, 0) is 9.53 Å². The summed E-state index contributed by atoms with van der Waals surface area (Å²) in [6.07, 6.45) is 1.86. The van der Waals surface area contributed by atoms with Gasteiger partial charge in [0.25, 0.3) is 0 Å². The van der Waals surface area contributed by atoms with Crippen molar-refractivity contribution in [2.75, 3.05) is 38.3 Å². The summed E-state index contributed by atoms with van der Waals surface area (Å²) >= 11 is 0.